The molecule has 0 aromatic rings. The van der Waals surface area contributed by atoms with Crippen molar-refractivity contribution in [3.8, 4) is 0 Å². The molecule has 2 N–H and O–H groups in total. The lowest BCUT2D eigenvalue weighted by molar-refractivity contribution is -0.147. The Balaban J connectivity index is 5.22. The second-order valence-electron chi connectivity index (χ2n) is 7.40. The predicted octanol–water partition coefficient (Wildman–Crippen LogP) is 2.63. The minimum atomic E-state index is -0.795. The van der Waals surface area contributed by atoms with E-state index < -0.39 is 35.7 Å². The van der Waals surface area contributed by atoms with Gasteiger partial charge in [-0.25, -0.2) is 9.59 Å². The van der Waals surface area contributed by atoms with Crippen LogP contribution in [0.1, 0.15) is 61.3 Å². The number of carbonyl (C=O) groups excluding carboxylic acids is 3. The molecule has 0 rings (SSSR count). The highest BCUT2D eigenvalue weighted by Crippen LogP contribution is 2.14. The fraction of sp³-hybridized carbons (Fsp3) is 0.833. The van der Waals surface area contributed by atoms with Gasteiger partial charge >= 0.3 is 12.1 Å². The number of hydrogen-bond acceptors (Lipinski definition) is 5. The summed E-state index contributed by atoms with van der Waals surface area (Å²) >= 11 is 0. The van der Waals surface area contributed by atoms with Crippen LogP contribution in [-0.4, -0.2) is 42.8 Å². The number of ether oxygens (including phenoxy) is 2. The molecule has 0 unspecified atom stereocenters. The highest BCUT2D eigenvalue weighted by molar-refractivity contribution is 5.90. The third-order valence-electron chi connectivity index (χ3n) is 4.13. The fourth-order valence-electron chi connectivity index (χ4n) is 2.18. The van der Waals surface area contributed by atoms with Crippen LogP contribution in [-0.2, 0) is 19.1 Å². The highest BCUT2D eigenvalue weighted by atomic mass is 16.6. The maximum Gasteiger partial charge on any atom is 0.408 e. The molecule has 0 spiro atoms. The van der Waals surface area contributed by atoms with Gasteiger partial charge in [0.1, 0.15) is 17.7 Å². The molecule has 0 saturated heterocycles. The second kappa shape index (κ2) is 10.3. The summed E-state index contributed by atoms with van der Waals surface area (Å²) in [6, 6.07) is -1.55. The van der Waals surface area contributed by atoms with E-state index in [1.807, 2.05) is 27.7 Å². The number of hydrogen-bond donors (Lipinski definition) is 2. The third kappa shape index (κ3) is 8.23. The maximum absolute atomic E-state index is 12.7. The van der Waals surface area contributed by atoms with Crippen LogP contribution < -0.4 is 10.6 Å². The zero-order valence-corrected chi connectivity index (χ0v) is 16.8. The van der Waals surface area contributed by atoms with Gasteiger partial charge in [0.05, 0.1) is 7.11 Å². The summed E-state index contributed by atoms with van der Waals surface area (Å²) in [5.74, 6) is -1.13. The van der Waals surface area contributed by atoms with Gasteiger partial charge in [-0.1, -0.05) is 40.5 Å². The molecule has 25 heavy (non-hydrogen) atoms. The van der Waals surface area contributed by atoms with Gasteiger partial charge < -0.3 is 20.1 Å². The number of rotatable bonds is 8. The van der Waals surface area contributed by atoms with E-state index in [0.29, 0.717) is 12.8 Å². The quantitative estimate of drug-likeness (QED) is 0.651. The van der Waals surface area contributed by atoms with Gasteiger partial charge in [-0.3, -0.25) is 4.79 Å². The van der Waals surface area contributed by atoms with Crippen LogP contribution in [0.2, 0.25) is 0 Å². The molecule has 7 heteroatoms. The van der Waals surface area contributed by atoms with Gasteiger partial charge in [0.2, 0.25) is 5.91 Å². The number of alkyl carbamates (subject to hydrolysis) is 1. The smallest absolute Gasteiger partial charge is 0.408 e. The van der Waals surface area contributed by atoms with Crippen LogP contribution in [0.4, 0.5) is 4.79 Å². The number of amides is 2. The van der Waals surface area contributed by atoms with E-state index in [4.69, 9.17) is 9.47 Å². The van der Waals surface area contributed by atoms with E-state index in [9.17, 15) is 14.4 Å². The van der Waals surface area contributed by atoms with Crippen molar-refractivity contribution in [2.45, 2.75) is 79.0 Å². The van der Waals surface area contributed by atoms with Crippen molar-refractivity contribution in [3.05, 3.63) is 0 Å². The molecule has 0 fully saturated rings. The van der Waals surface area contributed by atoms with Gasteiger partial charge in [-0.2, -0.15) is 0 Å². The standard InChI is InChI=1S/C18H34N2O5/c1-9-11(3)13(20-17(23)25-18(5,6)7)15(21)19-14(12(4)10-2)16(22)24-8/h11-14H,9-10H2,1-8H3,(H,19,21)(H,20,23)/t11-,12-,13-,14-/m0/s1. The van der Waals surface area contributed by atoms with E-state index >= 15 is 0 Å². The first-order valence-electron chi connectivity index (χ1n) is 8.84. The van der Waals surface area contributed by atoms with Crippen LogP contribution in [0.25, 0.3) is 0 Å². The number of carbonyl (C=O) groups is 3. The number of nitrogens with one attached hydrogen (secondary N) is 2. The first-order chi connectivity index (χ1) is 11.5. The highest BCUT2D eigenvalue weighted by Gasteiger charge is 2.33. The largest absolute Gasteiger partial charge is 0.467 e. The van der Waals surface area contributed by atoms with Crippen molar-refractivity contribution in [1.82, 2.24) is 10.6 Å². The van der Waals surface area contributed by atoms with Crippen molar-refractivity contribution in [2.75, 3.05) is 7.11 Å². The Labute approximate surface area is 151 Å². The van der Waals surface area contributed by atoms with Gasteiger partial charge in [0.15, 0.2) is 0 Å². The Hall–Kier alpha value is -1.79. The van der Waals surface area contributed by atoms with Crippen LogP contribution in [0.15, 0.2) is 0 Å². The summed E-state index contributed by atoms with van der Waals surface area (Å²) in [6.45, 7) is 12.8. The molecule has 0 saturated carbocycles. The second-order valence-corrected chi connectivity index (χ2v) is 7.40. The zero-order valence-electron chi connectivity index (χ0n) is 16.8. The van der Waals surface area contributed by atoms with E-state index in [1.54, 1.807) is 20.8 Å². The molecule has 0 radical (unpaired) electrons. The topological polar surface area (TPSA) is 93.7 Å². The maximum atomic E-state index is 12.7. The number of methoxy groups -OCH3 is 1. The molecule has 0 aromatic heterocycles. The lowest BCUT2D eigenvalue weighted by Crippen LogP contribution is -2.56. The normalized spacial score (nSPS) is 16.2. The first-order valence-corrected chi connectivity index (χ1v) is 8.84. The zero-order chi connectivity index (χ0) is 19.8. The SMILES string of the molecule is CC[C@H](C)[C@H](NC(=O)OC(C)(C)C)C(=O)N[C@H](C(=O)OC)[C@@H](C)CC. The summed E-state index contributed by atoms with van der Waals surface area (Å²) in [6.07, 6.45) is 0.722. The Morgan fingerprint density at radius 3 is 1.80 bits per heavy atom. The molecule has 7 nitrogen and oxygen atoms in total. The molecule has 0 aliphatic heterocycles. The molecule has 0 heterocycles. The Morgan fingerprint density at radius 1 is 0.920 bits per heavy atom. The third-order valence-corrected chi connectivity index (χ3v) is 4.13. The van der Waals surface area contributed by atoms with Crippen molar-refractivity contribution in [2.24, 2.45) is 11.8 Å². The monoisotopic (exact) mass is 358 g/mol. The van der Waals surface area contributed by atoms with Gasteiger partial charge in [0, 0.05) is 0 Å². The minimum Gasteiger partial charge on any atom is -0.467 e. The average molecular weight is 358 g/mol. The molecule has 0 aromatic carbocycles. The van der Waals surface area contributed by atoms with Crippen LogP contribution in [0.5, 0.6) is 0 Å². The van der Waals surface area contributed by atoms with Gasteiger partial charge in [-0.15, -0.1) is 0 Å². The van der Waals surface area contributed by atoms with Crippen molar-refractivity contribution >= 4 is 18.0 Å². The summed E-state index contributed by atoms with van der Waals surface area (Å²) in [5, 5.41) is 5.34. The summed E-state index contributed by atoms with van der Waals surface area (Å²) in [4.78, 5) is 36.7. The van der Waals surface area contributed by atoms with E-state index in [0.717, 1.165) is 0 Å². The predicted molar refractivity (Wildman–Crippen MR) is 96.0 cm³/mol. The summed E-state index contributed by atoms with van der Waals surface area (Å²) in [7, 11) is 1.29. The molecular weight excluding hydrogens is 324 g/mol. The van der Waals surface area contributed by atoms with Crippen LogP contribution in [0, 0.1) is 11.8 Å². The Kier molecular flexibility index (Phi) is 9.52. The lowest BCUT2D eigenvalue weighted by Gasteiger charge is -2.29. The summed E-state index contributed by atoms with van der Waals surface area (Å²) < 4.78 is 10.0. The molecule has 0 aliphatic rings. The van der Waals surface area contributed by atoms with Crippen LogP contribution in [0.3, 0.4) is 0 Å². The lowest BCUT2D eigenvalue weighted by atomic mass is 9.95. The van der Waals surface area contributed by atoms with E-state index in [1.165, 1.54) is 7.11 Å². The number of esters is 1. The Bertz CT molecular complexity index is 459. The fourth-order valence-corrected chi connectivity index (χ4v) is 2.18. The Morgan fingerprint density at radius 2 is 1.40 bits per heavy atom. The van der Waals surface area contributed by atoms with Gasteiger partial charge in [-0.05, 0) is 32.6 Å². The molecular formula is C18H34N2O5. The van der Waals surface area contributed by atoms with Crippen molar-refractivity contribution in [1.29, 1.82) is 0 Å². The molecule has 2 amide bonds. The van der Waals surface area contributed by atoms with E-state index in [-0.39, 0.29) is 11.8 Å². The van der Waals surface area contributed by atoms with Gasteiger partial charge in [0.25, 0.3) is 0 Å². The van der Waals surface area contributed by atoms with E-state index in [2.05, 4.69) is 10.6 Å². The summed E-state index contributed by atoms with van der Waals surface area (Å²) in [5.41, 5.74) is -0.661. The van der Waals surface area contributed by atoms with Crippen molar-refractivity contribution in [3.63, 3.8) is 0 Å². The molecule has 0 aliphatic carbocycles. The average Bonchev–Trinajstić information content (AvgIpc) is 2.53. The van der Waals surface area contributed by atoms with Crippen molar-refractivity contribution < 1.29 is 23.9 Å². The molecule has 4 atom stereocenters. The first kappa shape index (κ1) is 23.2. The molecule has 146 valence electrons. The minimum absolute atomic E-state index is 0.0875. The van der Waals surface area contributed by atoms with Crippen LogP contribution >= 0.6 is 0 Å². The molecule has 0 bridgehead atoms.